The maximum Gasteiger partial charge on any atom is 0.127 e. The van der Waals surface area contributed by atoms with Gasteiger partial charge in [-0.15, -0.1) is 11.3 Å². The van der Waals surface area contributed by atoms with E-state index in [9.17, 15) is 0 Å². The fourth-order valence-electron chi connectivity index (χ4n) is 2.29. The molecule has 0 aliphatic rings. The van der Waals surface area contributed by atoms with Crippen LogP contribution in [0, 0.1) is 0 Å². The summed E-state index contributed by atoms with van der Waals surface area (Å²) in [6, 6.07) is 7.45. The molecular formula is C15H17Cl2NO2S. The Bertz CT molecular complexity index is 593. The van der Waals surface area contributed by atoms with Gasteiger partial charge in [0.2, 0.25) is 0 Å². The summed E-state index contributed by atoms with van der Waals surface area (Å²) < 4.78 is 12.3. The van der Waals surface area contributed by atoms with Crippen molar-refractivity contribution in [1.29, 1.82) is 0 Å². The summed E-state index contributed by atoms with van der Waals surface area (Å²) in [5.74, 6) is 1.50. The summed E-state index contributed by atoms with van der Waals surface area (Å²) in [5, 5.41) is 3.42. The van der Waals surface area contributed by atoms with E-state index in [4.69, 9.17) is 32.7 Å². The van der Waals surface area contributed by atoms with E-state index in [1.165, 1.54) is 11.3 Å². The molecule has 3 nitrogen and oxygen atoms in total. The van der Waals surface area contributed by atoms with Gasteiger partial charge in [0.25, 0.3) is 0 Å². The highest BCUT2D eigenvalue weighted by Gasteiger charge is 2.25. The normalized spacial score (nSPS) is 12.2. The number of thiophene rings is 1. The third-order valence-corrected chi connectivity index (χ3v) is 4.67. The van der Waals surface area contributed by atoms with Crippen molar-refractivity contribution < 1.29 is 9.47 Å². The van der Waals surface area contributed by atoms with Crippen LogP contribution in [0.15, 0.2) is 24.3 Å². The zero-order chi connectivity index (χ0) is 15.4. The molecule has 1 N–H and O–H groups in total. The van der Waals surface area contributed by atoms with Gasteiger partial charge in [0, 0.05) is 5.56 Å². The first kappa shape index (κ1) is 16.4. The highest BCUT2D eigenvalue weighted by Crippen LogP contribution is 2.43. The van der Waals surface area contributed by atoms with Gasteiger partial charge in [-0.1, -0.05) is 36.2 Å². The van der Waals surface area contributed by atoms with Crippen molar-refractivity contribution >= 4 is 34.5 Å². The van der Waals surface area contributed by atoms with Gasteiger partial charge in [-0.2, -0.15) is 0 Å². The average molecular weight is 346 g/mol. The topological polar surface area (TPSA) is 30.5 Å². The second-order valence-electron chi connectivity index (χ2n) is 4.35. The van der Waals surface area contributed by atoms with Gasteiger partial charge >= 0.3 is 0 Å². The number of methoxy groups -OCH3 is 2. The quantitative estimate of drug-likeness (QED) is 0.817. The van der Waals surface area contributed by atoms with E-state index in [1.54, 1.807) is 14.2 Å². The van der Waals surface area contributed by atoms with Gasteiger partial charge < -0.3 is 14.8 Å². The molecule has 2 aromatic rings. The molecule has 0 fully saturated rings. The van der Waals surface area contributed by atoms with Crippen molar-refractivity contribution in [2.24, 2.45) is 0 Å². The summed E-state index contributed by atoms with van der Waals surface area (Å²) in [7, 11) is 3.28. The van der Waals surface area contributed by atoms with Crippen LogP contribution >= 0.6 is 34.5 Å². The number of nitrogens with one attached hydrogen (secondary N) is 1. The van der Waals surface area contributed by atoms with Crippen molar-refractivity contribution in [2.75, 3.05) is 20.8 Å². The monoisotopic (exact) mass is 345 g/mol. The van der Waals surface area contributed by atoms with Crippen LogP contribution in [0.1, 0.15) is 24.1 Å². The van der Waals surface area contributed by atoms with E-state index >= 15 is 0 Å². The largest absolute Gasteiger partial charge is 0.496 e. The van der Waals surface area contributed by atoms with Gasteiger partial charge in [-0.25, -0.2) is 0 Å². The number of benzene rings is 1. The molecule has 2 rings (SSSR count). The molecule has 1 aromatic heterocycles. The maximum atomic E-state index is 6.33. The molecule has 0 spiro atoms. The van der Waals surface area contributed by atoms with Crippen molar-refractivity contribution in [3.05, 3.63) is 44.1 Å². The SMILES string of the molecule is CCNC(c1cc(Cl)sc1Cl)c1c(OC)cccc1OC. The summed E-state index contributed by atoms with van der Waals surface area (Å²) in [6.07, 6.45) is 0. The van der Waals surface area contributed by atoms with Crippen molar-refractivity contribution in [3.8, 4) is 11.5 Å². The van der Waals surface area contributed by atoms with Crippen LogP contribution in [-0.2, 0) is 0 Å². The minimum Gasteiger partial charge on any atom is -0.496 e. The molecule has 6 heteroatoms. The lowest BCUT2D eigenvalue weighted by atomic mass is 9.99. The molecule has 1 aromatic carbocycles. The predicted octanol–water partition coefficient (Wildman–Crippen LogP) is 4.77. The summed E-state index contributed by atoms with van der Waals surface area (Å²) in [6.45, 7) is 2.81. The van der Waals surface area contributed by atoms with Gasteiger partial charge in [-0.05, 0) is 24.7 Å². The van der Waals surface area contributed by atoms with Gasteiger partial charge in [0.1, 0.15) is 11.5 Å². The number of halogens is 2. The van der Waals surface area contributed by atoms with E-state index in [0.29, 0.717) is 8.67 Å². The first-order valence-electron chi connectivity index (χ1n) is 6.51. The Kier molecular flexibility index (Phi) is 5.76. The predicted molar refractivity (Wildman–Crippen MR) is 89.4 cm³/mol. The molecule has 0 saturated carbocycles. The van der Waals surface area contributed by atoms with E-state index in [-0.39, 0.29) is 6.04 Å². The third-order valence-electron chi connectivity index (χ3n) is 3.16. The van der Waals surface area contributed by atoms with Crippen LogP contribution < -0.4 is 14.8 Å². The molecule has 0 amide bonds. The van der Waals surface area contributed by atoms with Crippen LogP contribution in [0.2, 0.25) is 8.67 Å². The fourth-order valence-corrected chi connectivity index (χ4v) is 3.82. The van der Waals surface area contributed by atoms with Gasteiger partial charge in [-0.3, -0.25) is 0 Å². The molecule has 0 radical (unpaired) electrons. The minimum absolute atomic E-state index is 0.141. The first-order valence-corrected chi connectivity index (χ1v) is 8.08. The van der Waals surface area contributed by atoms with Crippen LogP contribution in [0.4, 0.5) is 0 Å². The van der Waals surface area contributed by atoms with E-state index in [2.05, 4.69) is 5.32 Å². The Labute approximate surface area is 138 Å². The number of ether oxygens (including phenoxy) is 2. The Morgan fingerprint density at radius 1 is 1.19 bits per heavy atom. The van der Waals surface area contributed by atoms with Crippen LogP contribution in [-0.4, -0.2) is 20.8 Å². The zero-order valence-corrected chi connectivity index (χ0v) is 14.4. The zero-order valence-electron chi connectivity index (χ0n) is 12.1. The molecule has 1 unspecified atom stereocenters. The Hall–Kier alpha value is -0.940. The highest BCUT2D eigenvalue weighted by molar-refractivity contribution is 7.20. The molecule has 0 aliphatic heterocycles. The van der Waals surface area contributed by atoms with E-state index in [0.717, 1.165) is 29.2 Å². The second-order valence-corrected chi connectivity index (χ2v) is 6.63. The molecule has 114 valence electrons. The highest BCUT2D eigenvalue weighted by atomic mass is 35.5. The fraction of sp³-hybridized carbons (Fsp3) is 0.333. The average Bonchev–Trinajstić information content (AvgIpc) is 2.82. The van der Waals surface area contributed by atoms with Crippen molar-refractivity contribution in [2.45, 2.75) is 13.0 Å². The maximum absolute atomic E-state index is 6.33. The van der Waals surface area contributed by atoms with Crippen molar-refractivity contribution in [3.63, 3.8) is 0 Å². The molecular weight excluding hydrogens is 329 g/mol. The van der Waals surface area contributed by atoms with E-state index < -0.39 is 0 Å². The number of rotatable bonds is 6. The van der Waals surface area contributed by atoms with E-state index in [1.807, 2.05) is 31.2 Å². The van der Waals surface area contributed by atoms with Crippen molar-refractivity contribution in [1.82, 2.24) is 5.32 Å². The second kappa shape index (κ2) is 7.36. The van der Waals surface area contributed by atoms with Crippen LogP contribution in [0.3, 0.4) is 0 Å². The lowest BCUT2D eigenvalue weighted by molar-refractivity contribution is 0.377. The van der Waals surface area contributed by atoms with Crippen LogP contribution in [0.25, 0.3) is 0 Å². The number of hydrogen-bond donors (Lipinski definition) is 1. The smallest absolute Gasteiger partial charge is 0.127 e. The lowest BCUT2D eigenvalue weighted by Gasteiger charge is -2.22. The molecule has 1 heterocycles. The van der Waals surface area contributed by atoms with Gasteiger partial charge in [0.15, 0.2) is 0 Å². The Balaban J connectivity index is 2.60. The van der Waals surface area contributed by atoms with Gasteiger partial charge in [0.05, 0.1) is 34.5 Å². The standard InChI is InChI=1S/C15H17Cl2NO2S/c1-4-18-14(9-8-12(16)21-15(9)17)13-10(19-2)6-5-7-11(13)20-3/h5-8,14,18H,4H2,1-3H3. The lowest BCUT2D eigenvalue weighted by Crippen LogP contribution is -2.23. The van der Waals surface area contributed by atoms with Crippen LogP contribution in [0.5, 0.6) is 11.5 Å². The summed E-state index contributed by atoms with van der Waals surface area (Å²) in [4.78, 5) is 0. The molecule has 0 saturated heterocycles. The first-order chi connectivity index (χ1) is 10.1. The summed E-state index contributed by atoms with van der Waals surface area (Å²) >= 11 is 13.8. The number of hydrogen-bond acceptors (Lipinski definition) is 4. The Morgan fingerprint density at radius 2 is 1.81 bits per heavy atom. The summed E-state index contributed by atoms with van der Waals surface area (Å²) in [5.41, 5.74) is 1.84. The molecule has 21 heavy (non-hydrogen) atoms. The third kappa shape index (κ3) is 3.46. The Morgan fingerprint density at radius 3 is 2.24 bits per heavy atom. The molecule has 0 bridgehead atoms. The molecule has 0 aliphatic carbocycles. The molecule has 1 atom stereocenters. The minimum atomic E-state index is -0.141.